The number of hydrogen-bond acceptors (Lipinski definition) is 6. The summed E-state index contributed by atoms with van der Waals surface area (Å²) in [6.45, 7) is 0. The monoisotopic (exact) mass is 411 g/mol. The van der Waals surface area contributed by atoms with Crippen molar-refractivity contribution in [2.75, 3.05) is 19.5 Å². The fourth-order valence-corrected chi connectivity index (χ4v) is 3.23. The zero-order valence-corrected chi connectivity index (χ0v) is 16.7. The summed E-state index contributed by atoms with van der Waals surface area (Å²) in [5.41, 5.74) is 3.68. The molecule has 3 heterocycles. The predicted molar refractivity (Wildman–Crippen MR) is 110 cm³/mol. The van der Waals surface area contributed by atoms with Crippen LogP contribution in [0.2, 0.25) is 5.15 Å². The summed E-state index contributed by atoms with van der Waals surface area (Å²) in [5.74, 6) is 0.193. The third-order valence-electron chi connectivity index (χ3n) is 4.48. The van der Waals surface area contributed by atoms with Gasteiger partial charge in [-0.2, -0.15) is 5.10 Å². The van der Waals surface area contributed by atoms with Crippen molar-refractivity contribution < 1.29 is 9.53 Å². The fraction of sp³-hybridized carbons (Fsp3) is 0.158. The molecule has 0 fully saturated rings. The summed E-state index contributed by atoms with van der Waals surface area (Å²) in [7, 11) is 5.06. The van der Waals surface area contributed by atoms with E-state index in [-0.39, 0.29) is 16.8 Å². The summed E-state index contributed by atoms with van der Waals surface area (Å²) in [4.78, 5) is 12.1. The number of nitrogens with zero attached hydrogens (tertiary/aromatic N) is 5. The first-order valence-electron chi connectivity index (χ1n) is 8.72. The lowest BCUT2D eigenvalue weighted by Gasteiger charge is -2.15. The minimum absolute atomic E-state index is 0.122. The Morgan fingerprint density at radius 2 is 2.00 bits per heavy atom. The number of methoxy groups -OCH3 is 1. The van der Waals surface area contributed by atoms with Gasteiger partial charge in [-0.1, -0.05) is 17.7 Å². The van der Waals surface area contributed by atoms with Crippen LogP contribution in [-0.4, -0.2) is 44.4 Å². The van der Waals surface area contributed by atoms with E-state index in [0.29, 0.717) is 17.1 Å². The molecular formula is C19H18ClN7O2. The lowest BCUT2D eigenvalue weighted by Crippen LogP contribution is -2.21. The molecule has 9 nitrogen and oxygen atoms in total. The number of nitrogens with one attached hydrogen (secondary N) is 2. The molecule has 0 saturated heterocycles. The van der Waals surface area contributed by atoms with Crippen LogP contribution in [0.5, 0.6) is 5.75 Å². The number of aryl methyl sites for hydroxylation is 1. The minimum atomic E-state index is -0.382. The van der Waals surface area contributed by atoms with E-state index >= 15 is 0 Å². The highest BCUT2D eigenvalue weighted by Gasteiger charge is 2.18. The molecule has 0 radical (unpaired) electrons. The number of imidazole rings is 1. The van der Waals surface area contributed by atoms with Crippen LogP contribution in [0.3, 0.4) is 0 Å². The van der Waals surface area contributed by atoms with E-state index in [0.717, 1.165) is 16.9 Å². The fourth-order valence-electron chi connectivity index (χ4n) is 3.08. The van der Waals surface area contributed by atoms with E-state index in [1.54, 1.807) is 11.6 Å². The van der Waals surface area contributed by atoms with Crippen LogP contribution in [0.4, 0.5) is 11.4 Å². The molecule has 10 heteroatoms. The van der Waals surface area contributed by atoms with Crippen molar-refractivity contribution in [1.82, 2.24) is 29.7 Å². The molecule has 29 heavy (non-hydrogen) atoms. The lowest BCUT2D eigenvalue weighted by molar-refractivity contribution is 0.0958. The van der Waals surface area contributed by atoms with Gasteiger partial charge in [-0.15, -0.1) is 10.2 Å². The zero-order chi connectivity index (χ0) is 20.5. The van der Waals surface area contributed by atoms with Gasteiger partial charge in [0, 0.05) is 44.2 Å². The first-order chi connectivity index (χ1) is 14.0. The number of rotatable bonds is 5. The number of amides is 1. The number of hydrogen-bond donors (Lipinski definition) is 2. The first kappa shape index (κ1) is 18.8. The van der Waals surface area contributed by atoms with E-state index in [2.05, 4.69) is 25.9 Å². The molecule has 4 aromatic rings. The number of carbonyl (C=O) groups excluding carboxylic acids is 1. The Kier molecular flexibility index (Phi) is 4.81. The van der Waals surface area contributed by atoms with Crippen molar-refractivity contribution in [3.05, 3.63) is 53.6 Å². The highest BCUT2D eigenvalue weighted by Crippen LogP contribution is 2.38. The average molecular weight is 412 g/mol. The second kappa shape index (κ2) is 7.44. The maximum Gasteiger partial charge on any atom is 0.273 e. The van der Waals surface area contributed by atoms with Crippen molar-refractivity contribution in [1.29, 1.82) is 0 Å². The molecule has 2 N–H and O–H groups in total. The lowest BCUT2D eigenvalue weighted by atomic mass is 10.1. The molecule has 0 unspecified atom stereocenters. The van der Waals surface area contributed by atoms with Crippen LogP contribution in [-0.2, 0) is 7.05 Å². The number of para-hydroxylation sites is 1. The SMILES string of the molecule is CNC(=O)c1nnc(Cl)cc1Nc1cccc(-c2cc3n(C)ccn3n2)c1OC. The van der Waals surface area contributed by atoms with E-state index in [1.165, 1.54) is 13.1 Å². The Morgan fingerprint density at radius 1 is 1.17 bits per heavy atom. The molecule has 0 aliphatic heterocycles. The van der Waals surface area contributed by atoms with Crippen molar-refractivity contribution in [3.8, 4) is 17.0 Å². The van der Waals surface area contributed by atoms with Crippen molar-refractivity contribution >= 4 is 34.5 Å². The number of aromatic nitrogens is 5. The maximum absolute atomic E-state index is 12.1. The molecule has 0 saturated carbocycles. The topological polar surface area (TPSA) is 98.4 Å². The van der Waals surface area contributed by atoms with Crippen molar-refractivity contribution in [2.24, 2.45) is 7.05 Å². The summed E-state index contributed by atoms with van der Waals surface area (Å²) in [5, 5.41) is 18.2. The van der Waals surface area contributed by atoms with Gasteiger partial charge in [0.1, 0.15) is 5.65 Å². The second-order valence-electron chi connectivity index (χ2n) is 6.26. The first-order valence-corrected chi connectivity index (χ1v) is 9.10. The third-order valence-corrected chi connectivity index (χ3v) is 4.66. The normalized spacial score (nSPS) is 10.9. The van der Waals surface area contributed by atoms with Crippen molar-refractivity contribution in [3.63, 3.8) is 0 Å². The van der Waals surface area contributed by atoms with Gasteiger partial charge in [-0.05, 0) is 12.1 Å². The number of ether oxygens (including phenoxy) is 1. The molecule has 0 bridgehead atoms. The second-order valence-corrected chi connectivity index (χ2v) is 6.65. The summed E-state index contributed by atoms with van der Waals surface area (Å²) < 4.78 is 9.45. The van der Waals surface area contributed by atoms with E-state index < -0.39 is 0 Å². The van der Waals surface area contributed by atoms with Gasteiger partial charge < -0.3 is 19.9 Å². The van der Waals surface area contributed by atoms with Crippen LogP contribution in [0, 0.1) is 0 Å². The molecule has 1 amide bonds. The van der Waals surface area contributed by atoms with Crippen molar-refractivity contribution in [2.45, 2.75) is 0 Å². The zero-order valence-electron chi connectivity index (χ0n) is 16.0. The van der Waals surface area contributed by atoms with Crippen LogP contribution in [0.1, 0.15) is 10.5 Å². The van der Waals surface area contributed by atoms with Crippen LogP contribution in [0.25, 0.3) is 16.9 Å². The Labute approximate surface area is 171 Å². The number of anilines is 2. The quantitative estimate of drug-likeness (QED) is 0.524. The predicted octanol–water partition coefficient (Wildman–Crippen LogP) is 2.90. The largest absolute Gasteiger partial charge is 0.494 e. The van der Waals surface area contributed by atoms with Gasteiger partial charge in [-0.3, -0.25) is 4.79 Å². The van der Waals surface area contributed by atoms with Gasteiger partial charge >= 0.3 is 0 Å². The number of fused-ring (bicyclic) bond motifs is 1. The smallest absolute Gasteiger partial charge is 0.273 e. The Morgan fingerprint density at radius 3 is 2.72 bits per heavy atom. The molecule has 0 aliphatic rings. The molecular weight excluding hydrogens is 394 g/mol. The van der Waals surface area contributed by atoms with E-state index in [4.69, 9.17) is 16.3 Å². The van der Waals surface area contributed by atoms with Crippen LogP contribution < -0.4 is 15.4 Å². The van der Waals surface area contributed by atoms with Gasteiger partial charge in [0.25, 0.3) is 5.91 Å². The van der Waals surface area contributed by atoms with Gasteiger partial charge in [0.05, 0.1) is 24.2 Å². The molecule has 4 rings (SSSR count). The highest BCUT2D eigenvalue weighted by molar-refractivity contribution is 6.29. The van der Waals surface area contributed by atoms with Crippen LogP contribution >= 0.6 is 11.6 Å². The molecule has 0 aliphatic carbocycles. The van der Waals surface area contributed by atoms with Gasteiger partial charge in [0.15, 0.2) is 16.6 Å². The van der Waals surface area contributed by atoms with Gasteiger partial charge in [-0.25, -0.2) is 4.52 Å². The summed E-state index contributed by atoms with van der Waals surface area (Å²) >= 11 is 5.99. The molecule has 3 aromatic heterocycles. The Balaban J connectivity index is 1.79. The molecule has 0 atom stereocenters. The maximum atomic E-state index is 12.1. The Bertz CT molecular complexity index is 1210. The highest BCUT2D eigenvalue weighted by atomic mass is 35.5. The summed E-state index contributed by atoms with van der Waals surface area (Å²) in [6, 6.07) is 9.14. The molecule has 148 valence electrons. The summed E-state index contributed by atoms with van der Waals surface area (Å²) in [6.07, 6.45) is 3.81. The number of halogens is 1. The average Bonchev–Trinajstić information content (AvgIpc) is 3.29. The standard InChI is InChI=1S/C19H18ClN7O2/c1-21-19(28)17-14(9-15(20)23-24-17)22-12-6-4-5-11(18(12)29-3)13-10-16-26(2)7-8-27(16)25-13/h4-10H,1-3H3,(H,21,28)(H,22,23). The molecule has 1 aromatic carbocycles. The van der Waals surface area contributed by atoms with E-state index in [9.17, 15) is 4.79 Å². The van der Waals surface area contributed by atoms with Gasteiger partial charge in [0.2, 0.25) is 0 Å². The third kappa shape index (κ3) is 3.36. The van der Waals surface area contributed by atoms with Crippen LogP contribution in [0.15, 0.2) is 42.7 Å². The van der Waals surface area contributed by atoms with E-state index in [1.807, 2.05) is 48.3 Å². The Hall–Kier alpha value is -3.59. The number of benzene rings is 1. The number of carbonyl (C=O) groups is 1. The molecule has 0 spiro atoms. The minimum Gasteiger partial charge on any atom is -0.494 e.